The molecule has 0 unspecified atom stereocenters. The van der Waals surface area contributed by atoms with Crippen LogP contribution in [-0.4, -0.2) is 25.7 Å². The van der Waals surface area contributed by atoms with Crippen molar-refractivity contribution in [1.29, 1.82) is 0 Å². The number of imidazole rings is 1. The molecule has 5 nitrogen and oxygen atoms in total. The zero-order valence-electron chi connectivity index (χ0n) is 10.3. The Balaban J connectivity index is 2.19. The molecule has 2 heterocycles. The van der Waals surface area contributed by atoms with Crippen LogP contribution in [0.3, 0.4) is 0 Å². The van der Waals surface area contributed by atoms with Crippen molar-refractivity contribution < 1.29 is 0 Å². The molecule has 2 rings (SSSR count). The minimum absolute atomic E-state index is 0.416. The van der Waals surface area contributed by atoms with E-state index in [9.17, 15) is 0 Å². The highest BCUT2D eigenvalue weighted by molar-refractivity contribution is 7.10. The summed E-state index contributed by atoms with van der Waals surface area (Å²) in [5.74, 6) is 1.50. The monoisotopic (exact) mass is 251 g/mol. The molecular formula is C11H17N5S. The van der Waals surface area contributed by atoms with Crippen LogP contribution in [0.5, 0.6) is 0 Å². The Morgan fingerprint density at radius 1 is 1.47 bits per heavy atom. The first-order valence-electron chi connectivity index (χ1n) is 5.78. The Hall–Kier alpha value is -1.43. The van der Waals surface area contributed by atoms with Crippen LogP contribution < -0.4 is 5.32 Å². The lowest BCUT2D eigenvalue weighted by atomic mass is 10.2. The molecule has 0 aliphatic rings. The van der Waals surface area contributed by atoms with Gasteiger partial charge in [0.15, 0.2) is 0 Å². The second kappa shape index (κ2) is 5.27. The average molecular weight is 251 g/mol. The normalized spacial score (nSPS) is 11.1. The van der Waals surface area contributed by atoms with Gasteiger partial charge in [0, 0.05) is 36.4 Å². The molecule has 0 aromatic carbocycles. The van der Waals surface area contributed by atoms with Gasteiger partial charge in [-0.3, -0.25) is 0 Å². The molecule has 0 bridgehead atoms. The second-order valence-corrected chi connectivity index (χ2v) is 4.90. The summed E-state index contributed by atoms with van der Waals surface area (Å²) in [4.78, 5) is 4.37. The van der Waals surface area contributed by atoms with Gasteiger partial charge in [0.05, 0.1) is 6.54 Å². The largest absolute Gasteiger partial charge is 0.374 e. The Labute approximate surface area is 105 Å². The molecule has 1 N–H and O–H groups in total. The van der Waals surface area contributed by atoms with Crippen molar-refractivity contribution in [3.8, 4) is 0 Å². The first-order valence-corrected chi connectivity index (χ1v) is 6.55. The van der Waals surface area contributed by atoms with Gasteiger partial charge in [-0.1, -0.05) is 18.3 Å². The van der Waals surface area contributed by atoms with Crippen molar-refractivity contribution in [1.82, 2.24) is 19.1 Å². The third-order valence-corrected chi connectivity index (χ3v) is 3.20. The fourth-order valence-electron chi connectivity index (χ4n) is 1.72. The van der Waals surface area contributed by atoms with E-state index in [0.29, 0.717) is 5.92 Å². The maximum Gasteiger partial charge on any atom is 0.135 e. The van der Waals surface area contributed by atoms with Gasteiger partial charge in [0.25, 0.3) is 0 Å². The van der Waals surface area contributed by atoms with E-state index in [1.165, 1.54) is 11.5 Å². The summed E-state index contributed by atoms with van der Waals surface area (Å²) in [6.45, 7) is 7.97. The number of nitrogens with one attached hydrogen (secondary N) is 1. The predicted octanol–water partition coefficient (Wildman–Crippen LogP) is 2.34. The SMILES string of the molecule is CCNc1snnc1Cn1ccnc1C(C)C. The zero-order valence-corrected chi connectivity index (χ0v) is 11.2. The minimum atomic E-state index is 0.416. The Kier molecular flexibility index (Phi) is 3.73. The molecule has 0 radical (unpaired) electrons. The molecule has 0 amide bonds. The average Bonchev–Trinajstić information content (AvgIpc) is 2.89. The number of rotatable bonds is 5. The Morgan fingerprint density at radius 2 is 2.29 bits per heavy atom. The van der Waals surface area contributed by atoms with Crippen LogP contribution in [0, 0.1) is 0 Å². The molecule has 0 aliphatic carbocycles. The van der Waals surface area contributed by atoms with Crippen molar-refractivity contribution in [2.45, 2.75) is 33.2 Å². The molecule has 0 atom stereocenters. The number of hydrogen-bond donors (Lipinski definition) is 1. The minimum Gasteiger partial charge on any atom is -0.374 e. The molecule has 0 saturated heterocycles. The fourth-order valence-corrected chi connectivity index (χ4v) is 2.36. The Morgan fingerprint density at radius 3 is 3.00 bits per heavy atom. The molecule has 17 heavy (non-hydrogen) atoms. The first-order chi connectivity index (χ1) is 8.22. The highest BCUT2D eigenvalue weighted by Crippen LogP contribution is 2.20. The van der Waals surface area contributed by atoms with E-state index in [1.54, 1.807) is 0 Å². The summed E-state index contributed by atoms with van der Waals surface area (Å²) in [6.07, 6.45) is 3.83. The van der Waals surface area contributed by atoms with Crippen molar-refractivity contribution in [2.75, 3.05) is 11.9 Å². The van der Waals surface area contributed by atoms with Crippen molar-refractivity contribution in [3.05, 3.63) is 23.9 Å². The van der Waals surface area contributed by atoms with E-state index in [0.717, 1.165) is 29.6 Å². The van der Waals surface area contributed by atoms with Gasteiger partial charge >= 0.3 is 0 Å². The molecule has 6 heteroatoms. The van der Waals surface area contributed by atoms with Crippen molar-refractivity contribution >= 4 is 16.5 Å². The van der Waals surface area contributed by atoms with Gasteiger partial charge in [-0.15, -0.1) is 5.10 Å². The number of nitrogens with zero attached hydrogens (tertiary/aromatic N) is 4. The maximum atomic E-state index is 4.37. The predicted molar refractivity (Wildman–Crippen MR) is 69.5 cm³/mol. The summed E-state index contributed by atoms with van der Waals surface area (Å²) in [5.41, 5.74) is 0.983. The van der Waals surface area contributed by atoms with Gasteiger partial charge in [0.2, 0.25) is 0 Å². The van der Waals surface area contributed by atoms with Gasteiger partial charge in [-0.25, -0.2) is 4.98 Å². The molecule has 2 aromatic rings. The van der Waals surface area contributed by atoms with Crippen LogP contribution in [-0.2, 0) is 6.54 Å². The van der Waals surface area contributed by atoms with E-state index in [1.807, 2.05) is 12.4 Å². The number of aromatic nitrogens is 4. The van der Waals surface area contributed by atoms with Gasteiger partial charge < -0.3 is 9.88 Å². The lowest BCUT2D eigenvalue weighted by molar-refractivity contribution is 0.660. The van der Waals surface area contributed by atoms with E-state index < -0.39 is 0 Å². The molecule has 0 aliphatic heterocycles. The third-order valence-electron chi connectivity index (χ3n) is 2.48. The fraction of sp³-hybridized carbons (Fsp3) is 0.545. The third kappa shape index (κ3) is 2.63. The molecule has 2 aromatic heterocycles. The van der Waals surface area contributed by atoms with E-state index in [-0.39, 0.29) is 0 Å². The summed E-state index contributed by atoms with van der Waals surface area (Å²) >= 11 is 1.40. The summed E-state index contributed by atoms with van der Waals surface area (Å²) in [6, 6.07) is 0. The van der Waals surface area contributed by atoms with Crippen LogP contribution in [0.25, 0.3) is 0 Å². The number of hydrogen-bond acceptors (Lipinski definition) is 5. The van der Waals surface area contributed by atoms with Crippen LogP contribution in [0.4, 0.5) is 5.00 Å². The molecule has 0 fully saturated rings. The van der Waals surface area contributed by atoms with Crippen LogP contribution in [0.2, 0.25) is 0 Å². The van der Waals surface area contributed by atoms with Crippen LogP contribution in [0.1, 0.15) is 38.2 Å². The maximum absolute atomic E-state index is 4.37. The smallest absolute Gasteiger partial charge is 0.135 e. The summed E-state index contributed by atoms with van der Waals surface area (Å²) in [5, 5.41) is 8.50. The Bertz CT molecular complexity index is 474. The quantitative estimate of drug-likeness (QED) is 0.886. The van der Waals surface area contributed by atoms with Crippen LogP contribution in [0.15, 0.2) is 12.4 Å². The number of anilines is 1. The standard InChI is InChI=1S/C11H17N5S/c1-4-12-11-9(14-15-17-11)7-16-6-5-13-10(16)8(2)3/h5-6,8,12H,4,7H2,1-3H3. The summed E-state index contributed by atoms with van der Waals surface area (Å²) < 4.78 is 6.12. The molecule has 0 saturated carbocycles. The molecular weight excluding hydrogens is 234 g/mol. The van der Waals surface area contributed by atoms with Crippen molar-refractivity contribution in [3.63, 3.8) is 0 Å². The first kappa shape index (κ1) is 12.0. The highest BCUT2D eigenvalue weighted by atomic mass is 32.1. The van der Waals surface area contributed by atoms with E-state index in [4.69, 9.17) is 0 Å². The van der Waals surface area contributed by atoms with E-state index in [2.05, 4.69) is 45.2 Å². The second-order valence-electron chi connectivity index (χ2n) is 4.15. The lowest BCUT2D eigenvalue weighted by Gasteiger charge is -2.09. The van der Waals surface area contributed by atoms with E-state index >= 15 is 0 Å². The molecule has 92 valence electrons. The van der Waals surface area contributed by atoms with Gasteiger partial charge in [0.1, 0.15) is 16.5 Å². The summed E-state index contributed by atoms with van der Waals surface area (Å²) in [7, 11) is 0. The topological polar surface area (TPSA) is 55.6 Å². The lowest BCUT2D eigenvalue weighted by Crippen LogP contribution is -2.08. The van der Waals surface area contributed by atoms with Crippen molar-refractivity contribution in [2.24, 2.45) is 0 Å². The highest BCUT2D eigenvalue weighted by Gasteiger charge is 2.12. The van der Waals surface area contributed by atoms with Gasteiger partial charge in [-0.2, -0.15) is 0 Å². The zero-order chi connectivity index (χ0) is 12.3. The van der Waals surface area contributed by atoms with Crippen LogP contribution >= 0.6 is 11.5 Å². The van der Waals surface area contributed by atoms with Gasteiger partial charge in [-0.05, 0) is 6.92 Å². The molecule has 0 spiro atoms.